The van der Waals surface area contributed by atoms with Crippen molar-refractivity contribution in [2.45, 2.75) is 50.5 Å². The fourth-order valence-corrected chi connectivity index (χ4v) is 4.28. The summed E-state index contributed by atoms with van der Waals surface area (Å²) in [6.45, 7) is 2.47. The van der Waals surface area contributed by atoms with Crippen LogP contribution in [0.25, 0.3) is 0 Å². The molecule has 0 unspecified atom stereocenters. The molecular weight excluding hydrogens is 373 g/mol. The third-order valence-corrected chi connectivity index (χ3v) is 6.24. The number of nitrogens with one attached hydrogen (secondary N) is 1. The smallest absolute Gasteiger partial charge is 0.255 e. The maximum Gasteiger partial charge on any atom is 0.255 e. The van der Waals surface area contributed by atoms with Gasteiger partial charge in [0.05, 0.1) is 6.61 Å². The van der Waals surface area contributed by atoms with E-state index in [9.17, 15) is 9.18 Å². The number of hydrogen-bond acceptors (Lipinski definition) is 5. The van der Waals surface area contributed by atoms with Gasteiger partial charge in [0.2, 0.25) is 11.7 Å². The molecule has 3 aliphatic rings. The Balaban J connectivity index is 1.24. The van der Waals surface area contributed by atoms with Gasteiger partial charge < -0.3 is 14.8 Å². The molecule has 0 atom stereocenters. The Hall–Kier alpha value is -2.51. The van der Waals surface area contributed by atoms with Gasteiger partial charge in [0.15, 0.2) is 0 Å². The monoisotopic (exact) mass is 397 g/mol. The van der Waals surface area contributed by atoms with E-state index in [1.807, 2.05) is 12.1 Å². The van der Waals surface area contributed by atoms with Crippen LogP contribution in [0.2, 0.25) is 0 Å². The number of rotatable bonds is 3. The Morgan fingerprint density at radius 3 is 2.76 bits per heavy atom. The molecule has 1 saturated heterocycles. The van der Waals surface area contributed by atoms with Gasteiger partial charge in [0, 0.05) is 61.1 Å². The van der Waals surface area contributed by atoms with E-state index in [4.69, 9.17) is 9.47 Å². The summed E-state index contributed by atoms with van der Waals surface area (Å²) >= 11 is 0. The van der Waals surface area contributed by atoms with E-state index in [1.54, 1.807) is 6.07 Å². The second-order valence-corrected chi connectivity index (χ2v) is 8.07. The Kier molecular flexibility index (Phi) is 4.72. The number of likely N-dealkylation sites (tertiary alicyclic amines) is 1. The van der Waals surface area contributed by atoms with Crippen LogP contribution in [0.15, 0.2) is 36.5 Å². The largest absolute Gasteiger partial charge is 0.462 e. The second-order valence-electron chi connectivity index (χ2n) is 8.07. The molecule has 1 amide bonds. The molecule has 7 heteroatoms. The van der Waals surface area contributed by atoms with Crippen molar-refractivity contribution in [3.8, 4) is 5.75 Å². The van der Waals surface area contributed by atoms with Crippen molar-refractivity contribution >= 4 is 11.6 Å². The van der Waals surface area contributed by atoms with Crippen LogP contribution in [-0.4, -0.2) is 40.7 Å². The minimum Gasteiger partial charge on any atom is -0.462 e. The highest BCUT2D eigenvalue weighted by atomic mass is 19.1. The first kappa shape index (κ1) is 18.5. The zero-order valence-electron chi connectivity index (χ0n) is 16.2. The maximum absolute atomic E-state index is 13.2. The molecule has 1 aromatic carbocycles. The molecule has 0 radical (unpaired) electrons. The van der Waals surface area contributed by atoms with E-state index in [0.29, 0.717) is 12.3 Å². The fraction of sp³-hybridized carbons (Fsp3) is 0.455. The Morgan fingerprint density at radius 2 is 2.03 bits per heavy atom. The number of benzene rings is 1. The van der Waals surface area contributed by atoms with Crippen LogP contribution in [0.3, 0.4) is 0 Å². The summed E-state index contributed by atoms with van der Waals surface area (Å²) in [7, 11) is 0. The summed E-state index contributed by atoms with van der Waals surface area (Å²) in [4.78, 5) is 18.4. The van der Waals surface area contributed by atoms with Gasteiger partial charge in [-0.3, -0.25) is 9.69 Å². The number of nitrogens with zero attached hydrogens (tertiary/aromatic N) is 2. The van der Waals surface area contributed by atoms with Crippen molar-refractivity contribution in [2.75, 3.05) is 18.4 Å². The van der Waals surface area contributed by atoms with Crippen LogP contribution in [0.5, 0.6) is 5.75 Å². The number of hydrogen-bond donors (Lipinski definition) is 1. The number of fused-ring (bicyclic) bond motifs is 1. The van der Waals surface area contributed by atoms with Crippen molar-refractivity contribution < 1.29 is 18.7 Å². The number of ether oxygens (including phenoxy) is 2. The summed E-state index contributed by atoms with van der Waals surface area (Å²) in [5, 5.41) is 2.79. The molecular formula is C22H24FN3O3. The highest BCUT2D eigenvalue weighted by Crippen LogP contribution is 2.40. The van der Waals surface area contributed by atoms with E-state index in [0.717, 1.165) is 49.4 Å². The Labute approximate surface area is 169 Å². The lowest BCUT2D eigenvalue weighted by molar-refractivity contribution is -0.231. The molecule has 29 heavy (non-hydrogen) atoms. The molecule has 2 aliphatic heterocycles. The SMILES string of the molecule is O=C(Nc1ccc2c(c1)COC1(CCN(C3CCC3)CC1)O2)c1ccnc(F)c1. The first-order valence-electron chi connectivity index (χ1n) is 10.2. The van der Waals surface area contributed by atoms with Crippen molar-refractivity contribution in [3.63, 3.8) is 0 Å². The lowest BCUT2D eigenvalue weighted by Crippen LogP contribution is -2.54. The topological polar surface area (TPSA) is 63.7 Å². The van der Waals surface area contributed by atoms with Crippen molar-refractivity contribution in [2.24, 2.45) is 0 Å². The zero-order valence-corrected chi connectivity index (χ0v) is 16.2. The summed E-state index contributed by atoms with van der Waals surface area (Å²) in [6.07, 6.45) is 7.00. The summed E-state index contributed by atoms with van der Waals surface area (Å²) < 4.78 is 25.7. The third kappa shape index (κ3) is 3.72. The first-order valence-corrected chi connectivity index (χ1v) is 10.2. The summed E-state index contributed by atoms with van der Waals surface area (Å²) in [6, 6.07) is 8.87. The molecule has 152 valence electrons. The average molecular weight is 397 g/mol. The predicted octanol–water partition coefficient (Wildman–Crippen LogP) is 3.73. The number of amides is 1. The molecule has 1 saturated carbocycles. The quantitative estimate of drug-likeness (QED) is 0.800. The lowest BCUT2D eigenvalue weighted by Gasteiger charge is -2.47. The third-order valence-electron chi connectivity index (χ3n) is 6.24. The number of halogens is 1. The van der Waals surface area contributed by atoms with Gasteiger partial charge in [-0.15, -0.1) is 0 Å². The van der Waals surface area contributed by atoms with Crippen molar-refractivity contribution in [3.05, 3.63) is 53.6 Å². The number of anilines is 1. The Bertz CT molecular complexity index is 923. The fourth-order valence-electron chi connectivity index (χ4n) is 4.28. The highest BCUT2D eigenvalue weighted by molar-refractivity contribution is 6.04. The number of carbonyl (C=O) groups excluding carboxylic acids is 1. The van der Waals surface area contributed by atoms with Gasteiger partial charge in [-0.05, 0) is 37.1 Å². The van der Waals surface area contributed by atoms with E-state index in [2.05, 4.69) is 15.2 Å². The number of pyridine rings is 1. The minimum atomic E-state index is -0.682. The van der Waals surface area contributed by atoms with Crippen LogP contribution in [0, 0.1) is 5.95 Å². The van der Waals surface area contributed by atoms with Gasteiger partial charge in [-0.1, -0.05) is 6.42 Å². The lowest BCUT2D eigenvalue weighted by atomic mass is 9.89. The molecule has 2 aromatic rings. The van der Waals surface area contributed by atoms with Gasteiger partial charge in [-0.2, -0.15) is 4.39 Å². The van der Waals surface area contributed by atoms with Gasteiger partial charge in [0.1, 0.15) is 5.75 Å². The van der Waals surface area contributed by atoms with Crippen LogP contribution >= 0.6 is 0 Å². The molecule has 3 heterocycles. The van der Waals surface area contributed by atoms with Gasteiger partial charge in [0.25, 0.3) is 5.91 Å². The minimum absolute atomic E-state index is 0.222. The predicted molar refractivity (Wildman–Crippen MR) is 105 cm³/mol. The van der Waals surface area contributed by atoms with Crippen LogP contribution in [-0.2, 0) is 11.3 Å². The highest BCUT2D eigenvalue weighted by Gasteiger charge is 2.42. The van der Waals surface area contributed by atoms with Crippen LogP contribution < -0.4 is 10.1 Å². The van der Waals surface area contributed by atoms with E-state index in [-0.39, 0.29) is 11.5 Å². The first-order chi connectivity index (χ1) is 14.1. The van der Waals surface area contributed by atoms with Crippen molar-refractivity contribution in [1.82, 2.24) is 9.88 Å². The molecule has 6 nitrogen and oxygen atoms in total. The standard InChI is InChI=1S/C22H24FN3O3/c23-20-13-15(6-9-24-20)21(27)25-17-4-5-19-16(12-17)14-28-22(29-19)7-10-26(11-8-22)18-2-1-3-18/h4-6,9,12-13,18H,1-3,7-8,10-11,14H2,(H,25,27). The molecule has 1 spiro atoms. The van der Waals surface area contributed by atoms with Crippen LogP contribution in [0.1, 0.15) is 48.0 Å². The second kappa shape index (κ2) is 7.39. The molecule has 5 rings (SSSR count). The van der Waals surface area contributed by atoms with Gasteiger partial charge in [-0.25, -0.2) is 4.98 Å². The van der Waals surface area contributed by atoms with Crippen LogP contribution in [0.4, 0.5) is 10.1 Å². The average Bonchev–Trinajstić information content (AvgIpc) is 2.69. The number of aromatic nitrogens is 1. The van der Waals surface area contributed by atoms with Gasteiger partial charge >= 0.3 is 0 Å². The van der Waals surface area contributed by atoms with E-state index < -0.39 is 11.7 Å². The van der Waals surface area contributed by atoms with Crippen molar-refractivity contribution in [1.29, 1.82) is 0 Å². The number of carbonyl (C=O) groups is 1. The van der Waals surface area contributed by atoms with E-state index >= 15 is 0 Å². The molecule has 1 aromatic heterocycles. The molecule has 1 aliphatic carbocycles. The Morgan fingerprint density at radius 1 is 1.21 bits per heavy atom. The summed E-state index contributed by atoms with van der Waals surface area (Å²) in [5.41, 5.74) is 1.74. The summed E-state index contributed by atoms with van der Waals surface area (Å²) in [5.74, 6) is -0.796. The normalized spacial score (nSPS) is 21.1. The number of piperidine rings is 1. The molecule has 0 bridgehead atoms. The zero-order chi connectivity index (χ0) is 19.8. The molecule has 2 fully saturated rings. The van der Waals surface area contributed by atoms with E-state index in [1.165, 1.54) is 31.5 Å². The molecule has 1 N–H and O–H groups in total. The maximum atomic E-state index is 13.2.